The van der Waals surface area contributed by atoms with Gasteiger partial charge in [0, 0.05) is 11.4 Å². The molecule has 2 aromatic rings. The molecule has 162 valence electrons. The highest BCUT2D eigenvalue weighted by molar-refractivity contribution is 6.04. The Kier molecular flexibility index (Phi) is 7.77. The fourth-order valence-corrected chi connectivity index (χ4v) is 3.15. The van der Waals surface area contributed by atoms with Crippen molar-refractivity contribution in [3.8, 4) is 5.75 Å². The summed E-state index contributed by atoms with van der Waals surface area (Å²) in [7, 11) is 3.28. The smallest absolute Gasteiger partial charge is 0.340 e. The highest BCUT2D eigenvalue weighted by Gasteiger charge is 2.28. The predicted molar refractivity (Wildman–Crippen MR) is 114 cm³/mol. The fraction of sp³-hybridized carbons (Fsp3) is 0.409. The Hall–Kier alpha value is -3.13. The molecule has 0 fully saturated rings. The highest BCUT2D eigenvalue weighted by Crippen LogP contribution is 2.21. The van der Waals surface area contributed by atoms with Crippen LogP contribution < -0.4 is 10.1 Å². The van der Waals surface area contributed by atoms with Gasteiger partial charge in [0.1, 0.15) is 5.75 Å². The number of aromatic nitrogens is 1. The number of nitrogens with one attached hydrogen (secondary N) is 2. The fourth-order valence-electron chi connectivity index (χ4n) is 3.15. The summed E-state index contributed by atoms with van der Waals surface area (Å²) in [4.78, 5) is 42.2. The van der Waals surface area contributed by atoms with Gasteiger partial charge in [0.05, 0.1) is 37.6 Å². The summed E-state index contributed by atoms with van der Waals surface area (Å²) < 4.78 is 10.2. The molecule has 1 amide bonds. The second kappa shape index (κ2) is 10.1. The maximum Gasteiger partial charge on any atom is 0.340 e. The maximum atomic E-state index is 13.0. The highest BCUT2D eigenvalue weighted by atomic mass is 16.5. The topological polar surface area (TPSA) is 101 Å². The number of esters is 1. The third kappa shape index (κ3) is 5.27. The Bertz CT molecular complexity index is 918. The van der Waals surface area contributed by atoms with Gasteiger partial charge in [-0.25, -0.2) is 4.79 Å². The number of amides is 1. The molecule has 1 unspecified atom stereocenters. The SMILES string of the molecule is CCOC(=O)c1c(C)[nH]c(C(=O)C(C)N(C)CC(=O)Nc2ccc(OC)cc2)c1C. The number of carbonyl (C=O) groups excluding carboxylic acids is 3. The monoisotopic (exact) mass is 415 g/mol. The zero-order valence-electron chi connectivity index (χ0n) is 18.3. The van der Waals surface area contributed by atoms with Crippen molar-refractivity contribution < 1.29 is 23.9 Å². The largest absolute Gasteiger partial charge is 0.497 e. The number of ketones is 1. The number of ether oxygens (including phenoxy) is 2. The maximum absolute atomic E-state index is 13.0. The average molecular weight is 415 g/mol. The lowest BCUT2D eigenvalue weighted by Gasteiger charge is -2.23. The van der Waals surface area contributed by atoms with Crippen LogP contribution in [0.2, 0.25) is 0 Å². The van der Waals surface area contributed by atoms with E-state index in [1.54, 1.807) is 71.0 Å². The normalized spacial score (nSPS) is 11.8. The summed E-state index contributed by atoms with van der Waals surface area (Å²) in [5.41, 5.74) is 2.51. The number of nitrogens with zero attached hydrogens (tertiary/aromatic N) is 1. The van der Waals surface area contributed by atoms with E-state index in [0.717, 1.165) is 0 Å². The van der Waals surface area contributed by atoms with Crippen LogP contribution in [-0.4, -0.2) is 60.9 Å². The minimum absolute atomic E-state index is 0.0302. The molecule has 0 radical (unpaired) electrons. The molecule has 0 saturated carbocycles. The van der Waals surface area contributed by atoms with Crippen LogP contribution in [0.5, 0.6) is 5.75 Å². The molecule has 0 aliphatic heterocycles. The molecule has 1 aromatic heterocycles. The number of hydrogen-bond donors (Lipinski definition) is 2. The summed E-state index contributed by atoms with van der Waals surface area (Å²) >= 11 is 0. The van der Waals surface area contributed by atoms with Crippen LogP contribution in [0, 0.1) is 13.8 Å². The van der Waals surface area contributed by atoms with Gasteiger partial charge in [-0.1, -0.05) is 0 Å². The second-order valence-corrected chi connectivity index (χ2v) is 7.08. The van der Waals surface area contributed by atoms with Crippen molar-refractivity contribution in [2.45, 2.75) is 33.7 Å². The standard InChI is InChI=1S/C22H29N3O5/c1-7-30-22(28)19-13(2)20(23-14(19)3)21(27)15(4)25(5)12-18(26)24-16-8-10-17(29-6)11-9-16/h8-11,15,23H,7,12H2,1-6H3,(H,24,26). The predicted octanol–water partition coefficient (Wildman–Crippen LogP) is 2.96. The molecule has 8 nitrogen and oxygen atoms in total. The molecule has 0 aliphatic rings. The van der Waals surface area contributed by atoms with E-state index in [1.807, 2.05) is 0 Å². The first-order valence-electron chi connectivity index (χ1n) is 9.74. The first kappa shape index (κ1) is 23.2. The minimum atomic E-state index is -0.571. The van der Waals surface area contributed by atoms with E-state index in [1.165, 1.54) is 0 Å². The minimum Gasteiger partial charge on any atom is -0.497 e. The average Bonchev–Trinajstić information content (AvgIpc) is 3.01. The quantitative estimate of drug-likeness (QED) is 0.482. The van der Waals surface area contributed by atoms with Gasteiger partial charge in [0.15, 0.2) is 5.78 Å². The summed E-state index contributed by atoms with van der Waals surface area (Å²) in [6.45, 7) is 7.19. The molecule has 1 heterocycles. The van der Waals surface area contributed by atoms with Crippen molar-refractivity contribution in [2.75, 3.05) is 32.6 Å². The molecule has 0 aliphatic carbocycles. The van der Waals surface area contributed by atoms with Gasteiger partial charge >= 0.3 is 5.97 Å². The first-order valence-corrected chi connectivity index (χ1v) is 9.74. The van der Waals surface area contributed by atoms with Gasteiger partial charge in [-0.2, -0.15) is 0 Å². The van der Waals surface area contributed by atoms with Crippen molar-refractivity contribution in [2.24, 2.45) is 0 Å². The molecule has 1 aromatic carbocycles. The molecule has 0 spiro atoms. The second-order valence-electron chi connectivity index (χ2n) is 7.08. The zero-order chi connectivity index (χ0) is 22.4. The lowest BCUT2D eigenvalue weighted by Crippen LogP contribution is -2.41. The number of aromatic amines is 1. The molecule has 30 heavy (non-hydrogen) atoms. The Morgan fingerprint density at radius 3 is 2.37 bits per heavy atom. The van der Waals surface area contributed by atoms with Gasteiger partial charge in [0.25, 0.3) is 0 Å². The number of methoxy groups -OCH3 is 1. The van der Waals surface area contributed by atoms with Crippen LogP contribution in [0.4, 0.5) is 5.69 Å². The van der Waals surface area contributed by atoms with E-state index in [2.05, 4.69) is 10.3 Å². The van der Waals surface area contributed by atoms with Crippen molar-refractivity contribution in [1.82, 2.24) is 9.88 Å². The molecular weight excluding hydrogens is 386 g/mol. The van der Waals surface area contributed by atoms with Crippen molar-refractivity contribution in [3.63, 3.8) is 0 Å². The first-order chi connectivity index (χ1) is 14.2. The number of Topliss-reactive ketones (excluding diaryl/α,β-unsaturated/α-hetero) is 1. The van der Waals surface area contributed by atoms with Crippen LogP contribution in [0.1, 0.15) is 46.0 Å². The van der Waals surface area contributed by atoms with Gasteiger partial charge < -0.3 is 19.8 Å². The van der Waals surface area contributed by atoms with Crippen LogP contribution in [-0.2, 0) is 9.53 Å². The molecule has 1 atom stereocenters. The Balaban J connectivity index is 2.05. The van der Waals surface area contributed by atoms with E-state index >= 15 is 0 Å². The van der Waals surface area contributed by atoms with Crippen molar-refractivity contribution >= 4 is 23.3 Å². The number of hydrogen-bond acceptors (Lipinski definition) is 6. The molecular formula is C22H29N3O5. The third-order valence-electron chi connectivity index (χ3n) is 4.97. The summed E-state index contributed by atoms with van der Waals surface area (Å²) in [5, 5.41) is 2.79. The number of rotatable bonds is 9. The number of anilines is 1. The molecule has 0 saturated heterocycles. The van der Waals surface area contributed by atoms with E-state index in [-0.39, 0.29) is 24.8 Å². The van der Waals surface area contributed by atoms with Gasteiger partial charge in [-0.05, 0) is 64.6 Å². The van der Waals surface area contributed by atoms with E-state index in [9.17, 15) is 14.4 Å². The molecule has 8 heteroatoms. The lowest BCUT2D eigenvalue weighted by molar-refractivity contribution is -0.117. The van der Waals surface area contributed by atoms with E-state index < -0.39 is 12.0 Å². The van der Waals surface area contributed by atoms with Crippen LogP contribution in [0.3, 0.4) is 0 Å². The molecule has 2 rings (SSSR count). The number of benzene rings is 1. The van der Waals surface area contributed by atoms with Crippen molar-refractivity contribution in [1.29, 1.82) is 0 Å². The van der Waals surface area contributed by atoms with Crippen LogP contribution in [0.25, 0.3) is 0 Å². The Morgan fingerprint density at radius 2 is 1.80 bits per heavy atom. The summed E-state index contributed by atoms with van der Waals surface area (Å²) in [5.74, 6) is -0.203. The van der Waals surface area contributed by atoms with Crippen LogP contribution >= 0.6 is 0 Å². The number of likely N-dealkylation sites (N-methyl/N-ethyl adjacent to an activating group) is 1. The molecule has 0 bridgehead atoms. The Morgan fingerprint density at radius 1 is 1.17 bits per heavy atom. The number of carbonyl (C=O) groups is 3. The number of aryl methyl sites for hydroxylation is 1. The van der Waals surface area contributed by atoms with Gasteiger partial charge in [-0.3, -0.25) is 14.5 Å². The van der Waals surface area contributed by atoms with E-state index in [0.29, 0.717) is 34.0 Å². The number of H-pyrrole nitrogens is 1. The third-order valence-corrected chi connectivity index (χ3v) is 4.97. The summed E-state index contributed by atoms with van der Waals surface area (Å²) in [6.07, 6.45) is 0. The zero-order valence-corrected chi connectivity index (χ0v) is 18.3. The van der Waals surface area contributed by atoms with E-state index in [4.69, 9.17) is 9.47 Å². The Labute approximate surface area is 176 Å². The lowest BCUT2D eigenvalue weighted by atomic mass is 10.0. The van der Waals surface area contributed by atoms with Crippen molar-refractivity contribution in [3.05, 3.63) is 46.8 Å². The molecule has 2 N–H and O–H groups in total. The van der Waals surface area contributed by atoms with Gasteiger partial charge in [0.2, 0.25) is 5.91 Å². The van der Waals surface area contributed by atoms with Gasteiger partial charge in [-0.15, -0.1) is 0 Å². The summed E-state index contributed by atoms with van der Waals surface area (Å²) in [6, 6.07) is 6.42. The van der Waals surface area contributed by atoms with Crippen LogP contribution in [0.15, 0.2) is 24.3 Å².